The van der Waals surface area contributed by atoms with E-state index in [4.69, 9.17) is 9.47 Å². The van der Waals surface area contributed by atoms with Crippen molar-refractivity contribution in [2.45, 2.75) is 13.8 Å². The number of hydrogen-bond donors (Lipinski definition) is 1. The summed E-state index contributed by atoms with van der Waals surface area (Å²) in [7, 11) is 1.56. The van der Waals surface area contributed by atoms with E-state index >= 15 is 0 Å². The molecule has 6 heteroatoms. The van der Waals surface area contributed by atoms with Gasteiger partial charge in [-0.15, -0.1) is 0 Å². The summed E-state index contributed by atoms with van der Waals surface area (Å²) < 4.78 is 11.0. The molecular formula is C13H16N4O2. The van der Waals surface area contributed by atoms with E-state index in [1.54, 1.807) is 13.3 Å². The van der Waals surface area contributed by atoms with Crippen molar-refractivity contribution in [3.8, 4) is 17.4 Å². The zero-order valence-electron chi connectivity index (χ0n) is 11.2. The second kappa shape index (κ2) is 5.99. The van der Waals surface area contributed by atoms with E-state index in [0.29, 0.717) is 23.2 Å². The van der Waals surface area contributed by atoms with E-state index in [1.807, 2.05) is 26.0 Å². The molecule has 6 nitrogen and oxygen atoms in total. The molecule has 0 saturated carbocycles. The van der Waals surface area contributed by atoms with E-state index in [2.05, 4.69) is 20.3 Å². The first-order valence-corrected chi connectivity index (χ1v) is 5.98. The molecule has 19 heavy (non-hydrogen) atoms. The molecule has 0 atom stereocenters. The van der Waals surface area contributed by atoms with Crippen LogP contribution in [0.25, 0.3) is 0 Å². The van der Waals surface area contributed by atoms with Gasteiger partial charge in [0.15, 0.2) is 5.82 Å². The maximum absolute atomic E-state index is 5.66. The van der Waals surface area contributed by atoms with Gasteiger partial charge in [-0.25, -0.2) is 4.98 Å². The molecule has 0 bridgehead atoms. The van der Waals surface area contributed by atoms with Gasteiger partial charge in [-0.1, -0.05) is 0 Å². The molecule has 100 valence electrons. The minimum atomic E-state index is 0.360. The summed E-state index contributed by atoms with van der Waals surface area (Å²) >= 11 is 0. The van der Waals surface area contributed by atoms with Crippen LogP contribution in [0.1, 0.15) is 12.6 Å². The number of pyridine rings is 1. The van der Waals surface area contributed by atoms with Crippen molar-refractivity contribution in [3.63, 3.8) is 0 Å². The summed E-state index contributed by atoms with van der Waals surface area (Å²) in [4.78, 5) is 12.4. The summed E-state index contributed by atoms with van der Waals surface area (Å²) in [6.07, 6.45) is 3.07. The second-order valence-corrected chi connectivity index (χ2v) is 3.83. The quantitative estimate of drug-likeness (QED) is 0.890. The highest BCUT2D eigenvalue weighted by Gasteiger charge is 2.13. The maximum Gasteiger partial charge on any atom is 0.268 e. The van der Waals surface area contributed by atoms with Crippen molar-refractivity contribution >= 4 is 5.82 Å². The first-order valence-electron chi connectivity index (χ1n) is 5.98. The van der Waals surface area contributed by atoms with E-state index in [0.717, 1.165) is 12.2 Å². The van der Waals surface area contributed by atoms with Gasteiger partial charge in [-0.05, 0) is 26.0 Å². The van der Waals surface area contributed by atoms with Crippen molar-refractivity contribution in [1.82, 2.24) is 15.0 Å². The molecule has 0 saturated heterocycles. The molecule has 0 aliphatic rings. The Balaban J connectivity index is 2.28. The van der Waals surface area contributed by atoms with Crippen LogP contribution in [0.2, 0.25) is 0 Å². The third kappa shape index (κ3) is 3.09. The van der Waals surface area contributed by atoms with E-state index < -0.39 is 0 Å². The summed E-state index contributed by atoms with van der Waals surface area (Å²) in [6.45, 7) is 4.63. The second-order valence-electron chi connectivity index (χ2n) is 3.83. The highest BCUT2D eigenvalue weighted by molar-refractivity contribution is 5.55. The van der Waals surface area contributed by atoms with Gasteiger partial charge in [0.2, 0.25) is 5.75 Å². The number of aromatic nitrogens is 3. The van der Waals surface area contributed by atoms with Gasteiger partial charge >= 0.3 is 0 Å². The lowest BCUT2D eigenvalue weighted by Crippen LogP contribution is -2.04. The van der Waals surface area contributed by atoms with Gasteiger partial charge in [0.25, 0.3) is 5.88 Å². The van der Waals surface area contributed by atoms with Crippen molar-refractivity contribution < 1.29 is 9.47 Å². The Morgan fingerprint density at radius 3 is 2.68 bits per heavy atom. The normalized spacial score (nSPS) is 10.1. The van der Waals surface area contributed by atoms with Crippen molar-refractivity contribution in [1.29, 1.82) is 0 Å². The predicted octanol–water partition coefficient (Wildman–Crippen LogP) is 2.41. The largest absolute Gasteiger partial charge is 0.489 e. The number of nitrogens with zero attached hydrogens (tertiary/aromatic N) is 3. The molecule has 0 aromatic carbocycles. The Hall–Kier alpha value is -2.37. The van der Waals surface area contributed by atoms with Crippen LogP contribution >= 0.6 is 0 Å². The summed E-state index contributed by atoms with van der Waals surface area (Å²) in [5.41, 5.74) is 0.926. The monoisotopic (exact) mass is 260 g/mol. The van der Waals surface area contributed by atoms with Gasteiger partial charge < -0.3 is 14.8 Å². The van der Waals surface area contributed by atoms with Gasteiger partial charge in [-0.2, -0.15) is 4.98 Å². The molecule has 2 rings (SSSR count). The molecular weight excluding hydrogens is 244 g/mol. The third-order valence-corrected chi connectivity index (χ3v) is 2.42. The maximum atomic E-state index is 5.66. The first-order chi connectivity index (χ1) is 9.24. The number of ether oxygens (including phenoxy) is 2. The molecule has 0 unspecified atom stereocenters. The zero-order valence-corrected chi connectivity index (χ0v) is 11.2. The molecule has 2 aromatic heterocycles. The summed E-state index contributed by atoms with van der Waals surface area (Å²) in [6, 6.07) is 3.70. The van der Waals surface area contributed by atoms with Crippen LogP contribution in [0.15, 0.2) is 24.7 Å². The van der Waals surface area contributed by atoms with Gasteiger partial charge in [0.1, 0.15) is 12.1 Å². The van der Waals surface area contributed by atoms with Crippen LogP contribution in [0.3, 0.4) is 0 Å². The number of hydrogen-bond acceptors (Lipinski definition) is 6. The van der Waals surface area contributed by atoms with Crippen LogP contribution in [0.5, 0.6) is 17.4 Å². The molecule has 0 aliphatic heterocycles. The molecule has 0 radical (unpaired) electrons. The van der Waals surface area contributed by atoms with Crippen LogP contribution in [0.4, 0.5) is 5.82 Å². The smallest absolute Gasteiger partial charge is 0.268 e. The zero-order chi connectivity index (χ0) is 13.7. The molecule has 0 spiro atoms. The average molecular weight is 260 g/mol. The van der Waals surface area contributed by atoms with Crippen LogP contribution in [-0.2, 0) is 0 Å². The van der Waals surface area contributed by atoms with Crippen molar-refractivity contribution in [2.75, 3.05) is 19.0 Å². The lowest BCUT2D eigenvalue weighted by molar-refractivity contribution is 0.368. The lowest BCUT2D eigenvalue weighted by Gasteiger charge is -2.12. The Bertz CT molecular complexity index is 543. The molecule has 0 aliphatic carbocycles. The SMILES string of the molecule is CCNc1ncnc(Oc2ccc(C)nc2)c1OC. The number of methoxy groups -OCH3 is 1. The number of aryl methyl sites for hydroxylation is 1. The average Bonchev–Trinajstić information content (AvgIpc) is 2.42. The van der Waals surface area contributed by atoms with Crippen LogP contribution < -0.4 is 14.8 Å². The predicted molar refractivity (Wildman–Crippen MR) is 71.8 cm³/mol. The highest BCUT2D eigenvalue weighted by Crippen LogP contribution is 2.33. The van der Waals surface area contributed by atoms with Crippen molar-refractivity contribution in [2.24, 2.45) is 0 Å². The van der Waals surface area contributed by atoms with E-state index in [1.165, 1.54) is 6.33 Å². The van der Waals surface area contributed by atoms with Gasteiger partial charge in [-0.3, -0.25) is 4.98 Å². The minimum Gasteiger partial charge on any atom is -0.489 e. The Morgan fingerprint density at radius 1 is 1.21 bits per heavy atom. The number of rotatable bonds is 5. The number of nitrogens with one attached hydrogen (secondary N) is 1. The fourth-order valence-electron chi connectivity index (χ4n) is 1.53. The number of anilines is 1. The Morgan fingerprint density at radius 2 is 2.05 bits per heavy atom. The highest BCUT2D eigenvalue weighted by atomic mass is 16.5. The van der Waals surface area contributed by atoms with Crippen LogP contribution in [0, 0.1) is 6.92 Å². The minimum absolute atomic E-state index is 0.360. The Labute approximate surface area is 111 Å². The van der Waals surface area contributed by atoms with Crippen molar-refractivity contribution in [3.05, 3.63) is 30.4 Å². The Kier molecular flexibility index (Phi) is 4.12. The standard InChI is InChI=1S/C13H16N4O2/c1-4-14-12-11(18-3)13(17-8-16-12)19-10-6-5-9(2)15-7-10/h5-8H,4H2,1-3H3,(H,14,16,17). The van der Waals surface area contributed by atoms with Gasteiger partial charge in [0, 0.05) is 12.2 Å². The summed E-state index contributed by atoms with van der Waals surface area (Å²) in [5.74, 6) is 2.05. The van der Waals surface area contributed by atoms with E-state index in [-0.39, 0.29) is 0 Å². The molecule has 0 fully saturated rings. The molecule has 2 heterocycles. The topological polar surface area (TPSA) is 69.2 Å². The molecule has 2 aromatic rings. The van der Waals surface area contributed by atoms with Gasteiger partial charge in [0.05, 0.1) is 13.3 Å². The fourth-order valence-corrected chi connectivity index (χ4v) is 1.53. The lowest BCUT2D eigenvalue weighted by atomic mass is 10.4. The molecule has 1 N–H and O–H groups in total. The van der Waals surface area contributed by atoms with E-state index in [9.17, 15) is 0 Å². The molecule has 0 amide bonds. The summed E-state index contributed by atoms with van der Waals surface area (Å²) in [5, 5.41) is 3.09. The van der Waals surface area contributed by atoms with Crippen LogP contribution in [-0.4, -0.2) is 28.6 Å². The first kappa shape index (κ1) is 13.1. The third-order valence-electron chi connectivity index (χ3n) is 2.42. The fraction of sp³-hybridized carbons (Fsp3) is 0.308.